The first-order chi connectivity index (χ1) is 10.8. The first-order valence-corrected chi connectivity index (χ1v) is 10.7. The molecule has 0 N–H and O–H groups in total. The Balaban J connectivity index is 4.21. The molecule has 0 aliphatic carbocycles. The SMILES string of the molecule is C=CCC(CCCC)O[SiH](OCCCCC)OCCCCC. The van der Waals surface area contributed by atoms with E-state index in [0.717, 1.165) is 38.9 Å². The van der Waals surface area contributed by atoms with Crippen molar-refractivity contribution in [1.29, 1.82) is 0 Å². The second-order valence-electron chi connectivity index (χ2n) is 5.87. The summed E-state index contributed by atoms with van der Waals surface area (Å²) < 4.78 is 18.1. The Bertz CT molecular complexity index is 224. The number of rotatable bonds is 17. The van der Waals surface area contributed by atoms with Gasteiger partial charge in [0, 0.05) is 13.2 Å². The summed E-state index contributed by atoms with van der Waals surface area (Å²) in [7, 11) is -2.00. The zero-order valence-electron chi connectivity index (χ0n) is 15.1. The smallest absolute Gasteiger partial charge is 0.376 e. The molecule has 3 nitrogen and oxygen atoms in total. The van der Waals surface area contributed by atoms with Crippen LogP contribution in [0.2, 0.25) is 0 Å². The summed E-state index contributed by atoms with van der Waals surface area (Å²) in [6.07, 6.45) is 13.5. The minimum Gasteiger partial charge on any atom is -0.376 e. The van der Waals surface area contributed by atoms with E-state index in [0.29, 0.717) is 0 Å². The van der Waals surface area contributed by atoms with Gasteiger partial charge in [0.1, 0.15) is 0 Å². The maximum absolute atomic E-state index is 6.18. The van der Waals surface area contributed by atoms with Crippen molar-refractivity contribution < 1.29 is 13.3 Å². The van der Waals surface area contributed by atoms with Gasteiger partial charge in [-0.15, -0.1) is 6.58 Å². The van der Waals surface area contributed by atoms with E-state index in [1.165, 1.54) is 38.5 Å². The highest BCUT2D eigenvalue weighted by Crippen LogP contribution is 2.13. The van der Waals surface area contributed by atoms with E-state index in [4.69, 9.17) is 13.3 Å². The third-order valence-electron chi connectivity index (χ3n) is 3.62. The summed E-state index contributed by atoms with van der Waals surface area (Å²) >= 11 is 0. The van der Waals surface area contributed by atoms with Gasteiger partial charge in [-0.2, -0.15) is 0 Å². The van der Waals surface area contributed by atoms with Crippen LogP contribution in [-0.4, -0.2) is 28.8 Å². The van der Waals surface area contributed by atoms with Crippen LogP contribution in [0.5, 0.6) is 0 Å². The molecule has 0 saturated carbocycles. The van der Waals surface area contributed by atoms with Crippen LogP contribution in [-0.2, 0) is 13.3 Å². The maximum Gasteiger partial charge on any atom is 0.484 e. The summed E-state index contributed by atoms with van der Waals surface area (Å²) in [5, 5.41) is 0. The molecule has 0 aliphatic rings. The molecule has 0 aromatic rings. The lowest BCUT2D eigenvalue weighted by Crippen LogP contribution is -2.33. The average Bonchev–Trinajstić information content (AvgIpc) is 2.53. The van der Waals surface area contributed by atoms with Crippen LogP contribution in [0.1, 0.15) is 85.0 Å². The van der Waals surface area contributed by atoms with Crippen molar-refractivity contribution in [3.63, 3.8) is 0 Å². The second-order valence-corrected chi connectivity index (χ2v) is 7.39. The highest BCUT2D eigenvalue weighted by molar-refractivity contribution is 6.36. The molecule has 0 heterocycles. The normalized spacial score (nSPS) is 12.7. The molecule has 0 amide bonds. The molecule has 0 aromatic heterocycles. The first-order valence-electron chi connectivity index (χ1n) is 9.27. The fourth-order valence-corrected chi connectivity index (χ4v) is 3.74. The average molecular weight is 331 g/mol. The number of hydrogen-bond donors (Lipinski definition) is 0. The van der Waals surface area contributed by atoms with Gasteiger partial charge in [0.05, 0.1) is 6.10 Å². The highest BCUT2D eigenvalue weighted by Gasteiger charge is 2.20. The predicted molar refractivity (Wildman–Crippen MR) is 97.3 cm³/mol. The quantitative estimate of drug-likeness (QED) is 0.207. The lowest BCUT2D eigenvalue weighted by Gasteiger charge is -2.23. The van der Waals surface area contributed by atoms with Gasteiger partial charge in [-0.1, -0.05) is 65.4 Å². The van der Waals surface area contributed by atoms with Gasteiger partial charge < -0.3 is 13.3 Å². The van der Waals surface area contributed by atoms with Gasteiger partial charge in [0.25, 0.3) is 0 Å². The molecule has 1 unspecified atom stereocenters. The predicted octanol–water partition coefficient (Wildman–Crippen LogP) is 5.27. The molecular formula is C18H38O3Si. The molecule has 0 saturated heterocycles. The lowest BCUT2D eigenvalue weighted by atomic mass is 10.1. The van der Waals surface area contributed by atoms with Gasteiger partial charge in [-0.25, -0.2) is 0 Å². The van der Waals surface area contributed by atoms with Crippen molar-refractivity contribution in [3.05, 3.63) is 12.7 Å². The van der Waals surface area contributed by atoms with Crippen LogP contribution in [0, 0.1) is 0 Å². The van der Waals surface area contributed by atoms with Crippen molar-refractivity contribution in [2.24, 2.45) is 0 Å². The fourth-order valence-electron chi connectivity index (χ4n) is 2.21. The first kappa shape index (κ1) is 21.8. The maximum atomic E-state index is 6.18. The molecule has 0 aromatic carbocycles. The van der Waals surface area contributed by atoms with E-state index in [-0.39, 0.29) is 6.10 Å². The molecule has 1 atom stereocenters. The van der Waals surface area contributed by atoms with Crippen molar-refractivity contribution in [2.75, 3.05) is 13.2 Å². The van der Waals surface area contributed by atoms with Crippen LogP contribution in [0.25, 0.3) is 0 Å². The van der Waals surface area contributed by atoms with Crippen LogP contribution >= 0.6 is 0 Å². The Labute approximate surface area is 140 Å². The van der Waals surface area contributed by atoms with E-state index < -0.39 is 9.53 Å². The van der Waals surface area contributed by atoms with Crippen LogP contribution in [0.3, 0.4) is 0 Å². The standard InChI is InChI=1S/C18H38O3Si/c1-5-9-12-16-19-22(20-17-13-10-6-2)21-18(14-8-4)15-11-7-3/h8,18,22H,4-7,9-17H2,1-3H3. The Kier molecular flexibility index (Phi) is 17.1. The molecule has 4 heteroatoms. The van der Waals surface area contributed by atoms with Crippen molar-refractivity contribution in [3.8, 4) is 0 Å². The molecule has 0 aliphatic heterocycles. The van der Waals surface area contributed by atoms with E-state index >= 15 is 0 Å². The monoisotopic (exact) mass is 330 g/mol. The minimum absolute atomic E-state index is 0.214. The van der Waals surface area contributed by atoms with Crippen molar-refractivity contribution >= 4 is 9.53 Å². The molecular weight excluding hydrogens is 292 g/mol. The lowest BCUT2D eigenvalue weighted by molar-refractivity contribution is 0.0519. The molecule has 0 bridgehead atoms. The summed E-state index contributed by atoms with van der Waals surface area (Å²) in [5.41, 5.74) is 0. The molecule has 0 radical (unpaired) electrons. The third kappa shape index (κ3) is 13.5. The van der Waals surface area contributed by atoms with Crippen molar-refractivity contribution in [2.45, 2.75) is 91.1 Å². The minimum atomic E-state index is -2.00. The van der Waals surface area contributed by atoms with Crippen LogP contribution < -0.4 is 0 Å². The zero-order valence-corrected chi connectivity index (χ0v) is 16.3. The van der Waals surface area contributed by atoms with E-state index in [1.54, 1.807) is 0 Å². The zero-order chi connectivity index (χ0) is 16.5. The van der Waals surface area contributed by atoms with Gasteiger partial charge >= 0.3 is 9.53 Å². The van der Waals surface area contributed by atoms with Gasteiger partial charge in [-0.3, -0.25) is 0 Å². The van der Waals surface area contributed by atoms with Gasteiger partial charge in [0.2, 0.25) is 0 Å². The van der Waals surface area contributed by atoms with E-state index in [2.05, 4.69) is 27.4 Å². The summed E-state index contributed by atoms with van der Waals surface area (Å²) in [5.74, 6) is 0. The Morgan fingerprint density at radius 1 is 0.864 bits per heavy atom. The van der Waals surface area contributed by atoms with E-state index in [9.17, 15) is 0 Å². The molecule has 0 rings (SSSR count). The fraction of sp³-hybridized carbons (Fsp3) is 0.889. The summed E-state index contributed by atoms with van der Waals surface area (Å²) in [6.45, 7) is 12.0. The van der Waals surface area contributed by atoms with Gasteiger partial charge in [0.15, 0.2) is 0 Å². The molecule has 132 valence electrons. The number of hydrogen-bond acceptors (Lipinski definition) is 3. The van der Waals surface area contributed by atoms with Crippen LogP contribution in [0.4, 0.5) is 0 Å². The summed E-state index contributed by atoms with van der Waals surface area (Å²) in [6, 6.07) is 0. The molecule has 22 heavy (non-hydrogen) atoms. The van der Waals surface area contributed by atoms with Crippen molar-refractivity contribution in [1.82, 2.24) is 0 Å². The largest absolute Gasteiger partial charge is 0.484 e. The molecule has 0 fully saturated rings. The highest BCUT2D eigenvalue weighted by atomic mass is 28.3. The Morgan fingerprint density at radius 3 is 1.86 bits per heavy atom. The Hall–Kier alpha value is -0.163. The van der Waals surface area contributed by atoms with E-state index in [1.807, 2.05) is 6.08 Å². The van der Waals surface area contributed by atoms with Gasteiger partial charge in [-0.05, 0) is 25.7 Å². The third-order valence-corrected chi connectivity index (χ3v) is 5.24. The van der Waals surface area contributed by atoms with Crippen LogP contribution in [0.15, 0.2) is 12.7 Å². The topological polar surface area (TPSA) is 27.7 Å². The Morgan fingerprint density at radius 2 is 1.41 bits per heavy atom. The number of unbranched alkanes of at least 4 members (excludes halogenated alkanes) is 5. The summed E-state index contributed by atoms with van der Waals surface area (Å²) in [4.78, 5) is 0. The molecule has 0 spiro atoms. The second kappa shape index (κ2) is 17.2.